The van der Waals surface area contributed by atoms with E-state index in [1.165, 1.54) is 7.11 Å². The monoisotopic (exact) mass is 488 g/mol. The Balaban J connectivity index is 1.84. The molecule has 0 spiro atoms. The lowest BCUT2D eigenvalue weighted by molar-refractivity contribution is -0.132. The minimum absolute atomic E-state index is 0.221. The Morgan fingerprint density at radius 3 is 2.54 bits per heavy atom. The zero-order chi connectivity index (χ0) is 25.2. The second kappa shape index (κ2) is 9.95. The van der Waals surface area contributed by atoms with Crippen LogP contribution in [-0.2, 0) is 4.74 Å². The molecule has 0 N–H and O–H groups in total. The van der Waals surface area contributed by atoms with Crippen LogP contribution < -0.4 is 9.64 Å². The van der Waals surface area contributed by atoms with Crippen molar-refractivity contribution in [1.82, 2.24) is 24.4 Å². The first-order valence-corrected chi connectivity index (χ1v) is 11.1. The highest BCUT2D eigenvalue weighted by molar-refractivity contribution is 5.85. The van der Waals surface area contributed by atoms with Crippen molar-refractivity contribution in [2.24, 2.45) is 0 Å². The lowest BCUT2D eigenvalue weighted by Crippen LogP contribution is -2.33. The molecule has 0 fully saturated rings. The second-order valence-electron chi connectivity index (χ2n) is 8.13. The van der Waals surface area contributed by atoms with Crippen LogP contribution >= 0.6 is 0 Å². The summed E-state index contributed by atoms with van der Waals surface area (Å²) in [5.74, 6) is 1.13. The van der Waals surface area contributed by atoms with E-state index in [-0.39, 0.29) is 19.7 Å². The zero-order valence-corrected chi connectivity index (χ0v) is 20.0. The molecule has 4 rings (SSSR count). The first kappa shape index (κ1) is 24.5. The first-order chi connectivity index (χ1) is 16.7. The number of methoxy groups -OCH3 is 2. The molecule has 0 bridgehead atoms. The van der Waals surface area contributed by atoms with E-state index in [9.17, 15) is 13.2 Å². The number of fused-ring (bicyclic) bond motifs is 1. The Morgan fingerprint density at radius 1 is 1.09 bits per heavy atom. The van der Waals surface area contributed by atoms with E-state index in [4.69, 9.17) is 14.5 Å². The Hall–Kier alpha value is -3.60. The van der Waals surface area contributed by atoms with Crippen molar-refractivity contribution in [3.63, 3.8) is 0 Å². The molecule has 0 radical (unpaired) electrons. The SMILES string of the molecule is COCCN(CCC(F)(F)F)c1cc(C)nc2c(-c3ccc(-n4cccn4)cc3OC)c(C)nn12. The van der Waals surface area contributed by atoms with Gasteiger partial charge in [-0.1, -0.05) is 0 Å². The van der Waals surface area contributed by atoms with Crippen molar-refractivity contribution in [2.45, 2.75) is 26.4 Å². The topological polar surface area (TPSA) is 69.7 Å². The number of rotatable bonds is 9. The van der Waals surface area contributed by atoms with Crippen LogP contribution in [0.4, 0.5) is 19.0 Å². The molecule has 0 saturated carbocycles. The highest BCUT2D eigenvalue weighted by Crippen LogP contribution is 2.37. The Labute approximate surface area is 200 Å². The summed E-state index contributed by atoms with van der Waals surface area (Å²) in [5, 5.41) is 8.93. The highest BCUT2D eigenvalue weighted by Gasteiger charge is 2.29. The van der Waals surface area contributed by atoms with Gasteiger partial charge in [0.15, 0.2) is 5.65 Å². The number of aryl methyl sites for hydroxylation is 2. The van der Waals surface area contributed by atoms with E-state index in [1.54, 1.807) is 33.5 Å². The molecule has 0 aliphatic rings. The van der Waals surface area contributed by atoms with E-state index in [2.05, 4.69) is 10.2 Å². The van der Waals surface area contributed by atoms with Crippen molar-refractivity contribution in [3.05, 3.63) is 54.1 Å². The van der Waals surface area contributed by atoms with Crippen LogP contribution in [0.5, 0.6) is 5.75 Å². The molecule has 3 aromatic heterocycles. The maximum atomic E-state index is 13.0. The Kier molecular flexibility index (Phi) is 6.97. The quantitative estimate of drug-likeness (QED) is 0.343. The molecule has 0 aliphatic heterocycles. The molecule has 3 heterocycles. The average Bonchev–Trinajstić information content (AvgIpc) is 3.45. The first-order valence-electron chi connectivity index (χ1n) is 11.1. The predicted molar refractivity (Wildman–Crippen MR) is 126 cm³/mol. The molecule has 0 atom stereocenters. The molecule has 11 heteroatoms. The normalized spacial score (nSPS) is 11.9. The molecule has 0 aliphatic carbocycles. The third kappa shape index (κ3) is 5.24. The van der Waals surface area contributed by atoms with Gasteiger partial charge in [-0.25, -0.2) is 9.67 Å². The second-order valence-corrected chi connectivity index (χ2v) is 8.13. The van der Waals surface area contributed by atoms with Crippen LogP contribution in [0.1, 0.15) is 17.8 Å². The Morgan fingerprint density at radius 2 is 1.89 bits per heavy atom. The van der Waals surface area contributed by atoms with E-state index in [0.29, 0.717) is 28.6 Å². The number of nitrogens with zero attached hydrogens (tertiary/aromatic N) is 6. The van der Waals surface area contributed by atoms with Crippen molar-refractivity contribution < 1.29 is 22.6 Å². The van der Waals surface area contributed by atoms with Gasteiger partial charge in [-0.15, -0.1) is 0 Å². The lowest BCUT2D eigenvalue weighted by Gasteiger charge is -2.25. The van der Waals surface area contributed by atoms with Gasteiger partial charge >= 0.3 is 6.18 Å². The minimum Gasteiger partial charge on any atom is -0.496 e. The smallest absolute Gasteiger partial charge is 0.390 e. The largest absolute Gasteiger partial charge is 0.496 e. The summed E-state index contributed by atoms with van der Waals surface area (Å²) in [6.45, 7) is 3.99. The standard InChI is InChI=1S/C24H27F3N6O2/c1-16-14-21(31(12-13-34-3)11-8-24(25,26)27)33-23(29-16)22(17(2)30-33)19-7-6-18(15-20(19)35-4)32-10-5-9-28-32/h5-7,9-10,14-15H,8,11-13H2,1-4H3. The van der Waals surface area contributed by atoms with Gasteiger partial charge in [-0.05, 0) is 32.0 Å². The summed E-state index contributed by atoms with van der Waals surface area (Å²) in [5.41, 5.74) is 4.23. The number of alkyl halides is 3. The third-order valence-electron chi connectivity index (χ3n) is 5.65. The number of benzene rings is 1. The van der Waals surface area contributed by atoms with Crippen LogP contribution in [0.2, 0.25) is 0 Å². The van der Waals surface area contributed by atoms with E-state index >= 15 is 0 Å². The van der Waals surface area contributed by atoms with Crippen molar-refractivity contribution >= 4 is 11.5 Å². The highest BCUT2D eigenvalue weighted by atomic mass is 19.4. The Bertz CT molecular complexity index is 1300. The van der Waals surface area contributed by atoms with Gasteiger partial charge in [0.25, 0.3) is 0 Å². The van der Waals surface area contributed by atoms with E-state index in [1.807, 2.05) is 44.3 Å². The van der Waals surface area contributed by atoms with Gasteiger partial charge in [0.05, 0.1) is 37.1 Å². The number of halogens is 3. The molecular weight excluding hydrogens is 461 g/mol. The molecule has 35 heavy (non-hydrogen) atoms. The molecule has 4 aromatic rings. The van der Waals surface area contributed by atoms with Crippen molar-refractivity contribution in [2.75, 3.05) is 38.8 Å². The van der Waals surface area contributed by atoms with Crippen LogP contribution in [0.25, 0.3) is 22.5 Å². The van der Waals surface area contributed by atoms with Gasteiger partial charge in [0.1, 0.15) is 11.6 Å². The summed E-state index contributed by atoms with van der Waals surface area (Å²) in [6, 6.07) is 9.27. The maximum absolute atomic E-state index is 13.0. The number of anilines is 1. The van der Waals surface area contributed by atoms with Gasteiger partial charge in [-0.2, -0.15) is 27.9 Å². The van der Waals surface area contributed by atoms with Gasteiger partial charge < -0.3 is 14.4 Å². The number of hydrogen-bond acceptors (Lipinski definition) is 6. The molecule has 0 unspecified atom stereocenters. The average molecular weight is 489 g/mol. The molecule has 0 amide bonds. The fourth-order valence-electron chi connectivity index (χ4n) is 4.02. The van der Waals surface area contributed by atoms with Crippen LogP contribution in [0, 0.1) is 13.8 Å². The molecule has 8 nitrogen and oxygen atoms in total. The van der Waals surface area contributed by atoms with Gasteiger partial charge in [0, 0.05) is 56.0 Å². The number of aromatic nitrogens is 5. The summed E-state index contributed by atoms with van der Waals surface area (Å²) in [6.07, 6.45) is -1.70. The lowest BCUT2D eigenvalue weighted by atomic mass is 10.0. The number of ether oxygens (including phenoxy) is 2. The van der Waals surface area contributed by atoms with Gasteiger partial charge in [-0.3, -0.25) is 0 Å². The number of hydrogen-bond donors (Lipinski definition) is 0. The fourth-order valence-corrected chi connectivity index (χ4v) is 4.02. The molecule has 0 saturated heterocycles. The van der Waals surface area contributed by atoms with Gasteiger partial charge in [0.2, 0.25) is 0 Å². The third-order valence-corrected chi connectivity index (χ3v) is 5.65. The summed E-state index contributed by atoms with van der Waals surface area (Å²) in [4.78, 5) is 6.33. The summed E-state index contributed by atoms with van der Waals surface area (Å²) in [7, 11) is 3.10. The van der Waals surface area contributed by atoms with Crippen molar-refractivity contribution in [3.8, 4) is 22.6 Å². The van der Waals surface area contributed by atoms with Crippen molar-refractivity contribution in [1.29, 1.82) is 0 Å². The van der Waals surface area contributed by atoms with Crippen LogP contribution in [-0.4, -0.2) is 64.5 Å². The molecule has 1 aromatic carbocycles. The van der Waals surface area contributed by atoms with Crippen LogP contribution in [0.15, 0.2) is 42.7 Å². The fraction of sp³-hybridized carbons (Fsp3) is 0.375. The van der Waals surface area contributed by atoms with E-state index in [0.717, 1.165) is 16.8 Å². The maximum Gasteiger partial charge on any atom is 0.390 e. The minimum atomic E-state index is -4.28. The molecule has 186 valence electrons. The zero-order valence-electron chi connectivity index (χ0n) is 20.0. The summed E-state index contributed by atoms with van der Waals surface area (Å²) < 4.78 is 53.3. The van der Waals surface area contributed by atoms with E-state index < -0.39 is 12.6 Å². The molecular formula is C24H27F3N6O2. The van der Waals surface area contributed by atoms with Crippen LogP contribution in [0.3, 0.4) is 0 Å². The summed E-state index contributed by atoms with van der Waals surface area (Å²) >= 11 is 0. The predicted octanol–water partition coefficient (Wildman–Crippen LogP) is 4.61.